The Morgan fingerprint density at radius 3 is 2.77 bits per heavy atom. The number of hydrogen-bond acceptors (Lipinski definition) is 4. The maximum atomic E-state index is 9.50. The molecule has 1 aromatic rings. The summed E-state index contributed by atoms with van der Waals surface area (Å²) in [5.41, 5.74) is 5.04. The highest BCUT2D eigenvalue weighted by molar-refractivity contribution is 14.1. The molecule has 0 aliphatic carbocycles. The number of nitrogens with zero attached hydrogens (tertiary/aromatic N) is 1. The molecule has 0 fully saturated rings. The van der Waals surface area contributed by atoms with Gasteiger partial charge in [0.1, 0.15) is 11.4 Å². The second-order valence-electron chi connectivity index (χ2n) is 3.10. The zero-order valence-corrected chi connectivity index (χ0v) is 9.32. The molecule has 0 radical (unpaired) electrons. The van der Waals surface area contributed by atoms with Crippen LogP contribution in [0.4, 0.5) is 0 Å². The molecule has 0 unspecified atom stereocenters. The Labute approximate surface area is 89.9 Å². The smallest absolute Gasteiger partial charge is 0.140 e. The van der Waals surface area contributed by atoms with Gasteiger partial charge in [0.2, 0.25) is 0 Å². The van der Waals surface area contributed by atoms with Gasteiger partial charge >= 0.3 is 0 Å². The summed E-state index contributed by atoms with van der Waals surface area (Å²) < 4.78 is 0.826. The summed E-state index contributed by atoms with van der Waals surface area (Å²) in [5.74, 6) is 0.0194. The highest BCUT2D eigenvalue weighted by Crippen LogP contribution is 2.25. The van der Waals surface area contributed by atoms with Crippen molar-refractivity contribution in [2.24, 2.45) is 5.73 Å². The van der Waals surface area contributed by atoms with E-state index >= 15 is 0 Å². The molecule has 0 aliphatic heterocycles. The molecule has 0 saturated carbocycles. The molecule has 4 nitrogen and oxygen atoms in total. The zero-order chi connectivity index (χ0) is 10.1. The normalized spacial score (nSPS) is 15.4. The maximum absolute atomic E-state index is 9.50. The third-order valence-electron chi connectivity index (χ3n) is 1.70. The maximum Gasteiger partial charge on any atom is 0.140 e. The van der Waals surface area contributed by atoms with E-state index in [9.17, 15) is 5.11 Å². The van der Waals surface area contributed by atoms with Gasteiger partial charge in [0.15, 0.2) is 0 Å². The van der Waals surface area contributed by atoms with Crippen LogP contribution in [0.5, 0.6) is 5.75 Å². The van der Waals surface area contributed by atoms with Gasteiger partial charge in [0, 0.05) is 9.77 Å². The van der Waals surface area contributed by atoms with Crippen molar-refractivity contribution in [1.29, 1.82) is 0 Å². The molecule has 0 saturated heterocycles. The molecule has 0 amide bonds. The quantitative estimate of drug-likeness (QED) is 0.696. The van der Waals surface area contributed by atoms with E-state index in [1.54, 1.807) is 19.2 Å². The van der Waals surface area contributed by atoms with Crippen LogP contribution in [0.3, 0.4) is 0 Å². The zero-order valence-electron chi connectivity index (χ0n) is 7.16. The molecule has 1 heterocycles. The van der Waals surface area contributed by atoms with Crippen molar-refractivity contribution in [1.82, 2.24) is 4.98 Å². The number of halogens is 1. The second kappa shape index (κ2) is 3.77. The van der Waals surface area contributed by atoms with E-state index in [2.05, 4.69) is 4.98 Å². The predicted octanol–water partition coefficient (Wildman–Crippen LogP) is 0.558. The fourth-order valence-corrected chi connectivity index (χ4v) is 1.38. The van der Waals surface area contributed by atoms with Gasteiger partial charge in [0.05, 0.1) is 12.1 Å². The van der Waals surface area contributed by atoms with Crippen molar-refractivity contribution in [3.8, 4) is 5.75 Å². The summed E-state index contributed by atoms with van der Waals surface area (Å²) in [5, 5.41) is 18.5. The van der Waals surface area contributed by atoms with Crippen LogP contribution in [-0.4, -0.2) is 21.8 Å². The van der Waals surface area contributed by atoms with Crippen molar-refractivity contribution in [3.63, 3.8) is 0 Å². The minimum absolute atomic E-state index is 0.0194. The van der Waals surface area contributed by atoms with Crippen molar-refractivity contribution in [3.05, 3.63) is 21.5 Å². The molecule has 4 N–H and O–H groups in total. The lowest BCUT2D eigenvalue weighted by Gasteiger charge is -2.21. The monoisotopic (exact) mass is 294 g/mol. The van der Waals surface area contributed by atoms with Gasteiger partial charge in [-0.05, 0) is 35.6 Å². The Morgan fingerprint density at radius 1 is 1.69 bits per heavy atom. The molecule has 5 heteroatoms. The number of pyridine rings is 1. The van der Waals surface area contributed by atoms with Gasteiger partial charge in [0.25, 0.3) is 0 Å². The molecule has 0 bridgehead atoms. The Morgan fingerprint density at radius 2 is 2.31 bits per heavy atom. The first-order valence-corrected chi connectivity index (χ1v) is 4.80. The fraction of sp³-hybridized carbons (Fsp3) is 0.375. The number of aliphatic hydroxyl groups excluding tert-OH is 1. The highest BCUT2D eigenvalue weighted by atomic mass is 127. The Kier molecular flexibility index (Phi) is 3.09. The first kappa shape index (κ1) is 10.7. The van der Waals surface area contributed by atoms with Gasteiger partial charge in [-0.1, -0.05) is 0 Å². The molecule has 1 rings (SSSR count). The van der Waals surface area contributed by atoms with Crippen molar-refractivity contribution >= 4 is 22.6 Å². The van der Waals surface area contributed by atoms with E-state index in [4.69, 9.17) is 10.8 Å². The second-order valence-corrected chi connectivity index (χ2v) is 4.34. The van der Waals surface area contributed by atoms with Gasteiger partial charge in [-0.25, -0.2) is 0 Å². The van der Waals surface area contributed by atoms with Gasteiger partial charge in [-0.3, -0.25) is 4.98 Å². The summed E-state index contributed by atoms with van der Waals surface area (Å²) in [7, 11) is 0. The Bertz CT molecular complexity index is 315. The first-order valence-electron chi connectivity index (χ1n) is 3.72. The van der Waals surface area contributed by atoms with E-state index < -0.39 is 5.54 Å². The van der Waals surface area contributed by atoms with Crippen LogP contribution >= 0.6 is 22.6 Å². The number of aliphatic hydroxyl groups is 1. The Hall–Kier alpha value is -0.400. The number of aromatic nitrogens is 1. The van der Waals surface area contributed by atoms with E-state index in [1.165, 1.54) is 0 Å². The molecule has 72 valence electrons. The Balaban J connectivity index is 3.16. The molecule has 0 aromatic carbocycles. The van der Waals surface area contributed by atoms with Crippen LogP contribution in [0.25, 0.3) is 0 Å². The molecule has 13 heavy (non-hydrogen) atoms. The fourth-order valence-electron chi connectivity index (χ4n) is 0.944. The van der Waals surface area contributed by atoms with E-state index in [-0.39, 0.29) is 12.4 Å². The van der Waals surface area contributed by atoms with E-state index in [1.807, 2.05) is 22.6 Å². The highest BCUT2D eigenvalue weighted by Gasteiger charge is 2.25. The van der Waals surface area contributed by atoms with Gasteiger partial charge in [-0.15, -0.1) is 0 Å². The van der Waals surface area contributed by atoms with Crippen LogP contribution in [0, 0.1) is 3.57 Å². The first-order chi connectivity index (χ1) is 5.97. The predicted molar refractivity (Wildman–Crippen MR) is 57.2 cm³/mol. The average molecular weight is 294 g/mol. The largest absolute Gasteiger partial charge is 0.506 e. The minimum Gasteiger partial charge on any atom is -0.506 e. The standard InChI is InChI=1S/C8H11IN2O2/c1-8(10,4-12)7-6(13)2-5(9)3-11-7/h2-3,12-13H,4,10H2,1H3/t8-/m1/s1. The van der Waals surface area contributed by atoms with Crippen molar-refractivity contribution in [2.45, 2.75) is 12.5 Å². The molecule has 1 aromatic heterocycles. The molecular formula is C8H11IN2O2. The van der Waals surface area contributed by atoms with Crippen LogP contribution in [0.15, 0.2) is 12.3 Å². The third kappa shape index (κ3) is 2.29. The molecule has 1 atom stereocenters. The minimum atomic E-state index is -0.992. The van der Waals surface area contributed by atoms with Crippen molar-refractivity contribution < 1.29 is 10.2 Å². The lowest BCUT2D eigenvalue weighted by molar-refractivity contribution is 0.203. The van der Waals surface area contributed by atoms with Gasteiger partial charge in [-0.2, -0.15) is 0 Å². The summed E-state index contributed by atoms with van der Waals surface area (Å²) >= 11 is 2.04. The SMILES string of the molecule is C[C@@](N)(CO)c1ncc(I)cc1O. The lowest BCUT2D eigenvalue weighted by Crippen LogP contribution is -2.37. The van der Waals surface area contributed by atoms with Gasteiger partial charge < -0.3 is 15.9 Å². The summed E-state index contributed by atoms with van der Waals surface area (Å²) in [6.07, 6.45) is 1.59. The number of rotatable bonds is 2. The molecule has 0 aliphatic rings. The van der Waals surface area contributed by atoms with E-state index in [0.29, 0.717) is 5.69 Å². The van der Waals surface area contributed by atoms with Crippen LogP contribution < -0.4 is 5.73 Å². The summed E-state index contributed by atoms with van der Waals surface area (Å²) in [4.78, 5) is 3.98. The topological polar surface area (TPSA) is 79.4 Å². The molecular weight excluding hydrogens is 283 g/mol. The molecule has 0 spiro atoms. The summed E-state index contributed by atoms with van der Waals surface area (Å²) in [6.45, 7) is 1.36. The number of nitrogens with two attached hydrogens (primary N) is 1. The van der Waals surface area contributed by atoms with Crippen molar-refractivity contribution in [2.75, 3.05) is 6.61 Å². The van der Waals surface area contributed by atoms with E-state index in [0.717, 1.165) is 3.57 Å². The average Bonchev–Trinajstić information content (AvgIpc) is 2.03. The summed E-state index contributed by atoms with van der Waals surface area (Å²) in [6, 6.07) is 1.56. The lowest BCUT2D eigenvalue weighted by atomic mass is 9.99. The van der Waals surface area contributed by atoms with Crippen LogP contribution in [-0.2, 0) is 5.54 Å². The van der Waals surface area contributed by atoms with Crippen LogP contribution in [0.1, 0.15) is 12.6 Å². The third-order valence-corrected chi connectivity index (χ3v) is 2.29. The number of aromatic hydroxyl groups is 1. The number of hydrogen-bond donors (Lipinski definition) is 3. The van der Waals surface area contributed by atoms with Crippen LogP contribution in [0.2, 0.25) is 0 Å².